The highest BCUT2D eigenvalue weighted by atomic mass is 31.2. The van der Waals surface area contributed by atoms with Crippen molar-refractivity contribution in [2.24, 2.45) is 0 Å². The number of hydrogen-bond donors (Lipinski definition) is 0. The van der Waals surface area contributed by atoms with E-state index in [0.717, 1.165) is 33.5 Å². The second kappa shape index (κ2) is 8.33. The van der Waals surface area contributed by atoms with Gasteiger partial charge in [-0.25, -0.2) is 4.98 Å². The van der Waals surface area contributed by atoms with Crippen molar-refractivity contribution in [1.82, 2.24) is 4.98 Å². The van der Waals surface area contributed by atoms with Crippen LogP contribution in [0.2, 0.25) is 0 Å². The Morgan fingerprint density at radius 3 is 1.62 bits per heavy atom. The van der Waals surface area contributed by atoms with Gasteiger partial charge in [0.15, 0.2) is 18.6 Å². The number of rotatable bonds is 4. The van der Waals surface area contributed by atoms with E-state index in [1.807, 2.05) is 127 Å². The first-order valence-corrected chi connectivity index (χ1v) is 12.8. The molecule has 0 saturated carbocycles. The van der Waals surface area contributed by atoms with Crippen molar-refractivity contribution in [2.75, 3.05) is 4.90 Å². The van der Waals surface area contributed by atoms with Crippen molar-refractivity contribution in [3.05, 3.63) is 127 Å². The molecule has 1 aliphatic heterocycles. The van der Waals surface area contributed by atoms with Gasteiger partial charge >= 0.3 is 0 Å². The lowest BCUT2D eigenvalue weighted by atomic mass is 10.1. The lowest BCUT2D eigenvalue weighted by Gasteiger charge is -2.32. The van der Waals surface area contributed by atoms with Crippen LogP contribution in [0.3, 0.4) is 0 Å². The van der Waals surface area contributed by atoms with Gasteiger partial charge in [0.2, 0.25) is 0 Å². The zero-order valence-corrected chi connectivity index (χ0v) is 19.2. The molecule has 2 heterocycles. The van der Waals surface area contributed by atoms with Gasteiger partial charge in [0.1, 0.15) is 11.3 Å². The Kier molecular flexibility index (Phi) is 5.01. The third-order valence-corrected chi connectivity index (χ3v) is 8.89. The van der Waals surface area contributed by atoms with E-state index >= 15 is 0 Å². The fourth-order valence-corrected chi connectivity index (χ4v) is 6.90. The first-order valence-electron chi connectivity index (χ1n) is 11.1. The van der Waals surface area contributed by atoms with E-state index in [1.165, 1.54) is 0 Å². The van der Waals surface area contributed by atoms with Crippen LogP contribution in [0.4, 0.5) is 17.2 Å². The van der Waals surface area contributed by atoms with Crippen LogP contribution >= 0.6 is 7.14 Å². The second-order valence-electron chi connectivity index (χ2n) is 8.01. The normalized spacial score (nSPS) is 12.4. The molecule has 0 bridgehead atoms. The molecular weight excluding hydrogens is 439 g/mol. The predicted octanol–water partition coefficient (Wildman–Crippen LogP) is 6.30. The Balaban J connectivity index is 1.57. The van der Waals surface area contributed by atoms with Crippen LogP contribution in [0.15, 0.2) is 127 Å². The molecule has 0 amide bonds. The summed E-state index contributed by atoms with van der Waals surface area (Å²) in [6.45, 7) is 0. The van der Waals surface area contributed by atoms with Crippen molar-refractivity contribution >= 4 is 40.4 Å². The average Bonchev–Trinajstić information content (AvgIpc) is 2.92. The molecule has 0 saturated heterocycles. The fraction of sp³-hybridized carbons (Fsp3) is 0. The third kappa shape index (κ3) is 3.32. The summed E-state index contributed by atoms with van der Waals surface area (Å²) in [6, 6.07) is 40.7. The smallest absolute Gasteiger partial charge is 0.188 e. The van der Waals surface area contributed by atoms with Crippen LogP contribution < -0.4 is 25.7 Å². The van der Waals surface area contributed by atoms with Gasteiger partial charge in [0, 0.05) is 10.6 Å². The quantitative estimate of drug-likeness (QED) is 0.290. The largest absolute Gasteiger partial charge is 0.453 e. The minimum atomic E-state index is -3.19. The van der Waals surface area contributed by atoms with Gasteiger partial charge in [0.05, 0.1) is 11.4 Å². The van der Waals surface area contributed by atoms with Gasteiger partial charge in [-0.3, -0.25) is 4.90 Å². The molecule has 5 aromatic rings. The zero-order chi connectivity index (χ0) is 23.0. The maximum absolute atomic E-state index is 14.8. The van der Waals surface area contributed by atoms with Crippen LogP contribution in [-0.4, -0.2) is 4.98 Å². The van der Waals surface area contributed by atoms with Gasteiger partial charge in [-0.2, -0.15) is 0 Å². The van der Waals surface area contributed by atoms with E-state index < -0.39 is 7.14 Å². The molecule has 1 aliphatic rings. The van der Waals surface area contributed by atoms with E-state index in [2.05, 4.69) is 4.90 Å². The summed E-state index contributed by atoms with van der Waals surface area (Å²) in [4.78, 5) is 7.09. The molecule has 0 unspecified atom stereocenters. The minimum Gasteiger partial charge on any atom is -0.453 e. The molecule has 0 aliphatic carbocycles. The topological polar surface area (TPSA) is 42.4 Å². The predicted molar refractivity (Wildman–Crippen MR) is 138 cm³/mol. The Labute approximate surface area is 198 Å². The number of aromatic nitrogens is 1. The summed E-state index contributed by atoms with van der Waals surface area (Å²) in [5.41, 5.74) is 2.32. The van der Waals surface area contributed by atoms with E-state index in [1.54, 1.807) is 0 Å². The van der Waals surface area contributed by atoms with Crippen LogP contribution in [0.5, 0.6) is 11.5 Å². The molecule has 34 heavy (non-hydrogen) atoms. The number of pyridine rings is 1. The molecule has 0 atom stereocenters. The van der Waals surface area contributed by atoms with Crippen LogP contribution in [-0.2, 0) is 4.57 Å². The van der Waals surface area contributed by atoms with E-state index in [4.69, 9.17) is 9.72 Å². The molecule has 0 spiro atoms. The summed E-state index contributed by atoms with van der Waals surface area (Å²) in [6.07, 6.45) is 0. The second-order valence-corrected chi connectivity index (χ2v) is 10.7. The number of ether oxygens (including phenoxy) is 1. The van der Waals surface area contributed by atoms with E-state index in [0.29, 0.717) is 11.3 Å². The summed E-state index contributed by atoms with van der Waals surface area (Å²) in [5.74, 6) is 2.19. The van der Waals surface area contributed by atoms with Gasteiger partial charge in [-0.15, -0.1) is 0 Å². The number of hydrogen-bond acceptors (Lipinski definition) is 4. The van der Waals surface area contributed by atoms with E-state index in [9.17, 15) is 4.57 Å². The van der Waals surface area contributed by atoms with Crippen LogP contribution in [0, 0.1) is 0 Å². The lowest BCUT2D eigenvalue weighted by molar-refractivity contribution is 0.476. The zero-order valence-electron chi connectivity index (χ0n) is 18.3. The first kappa shape index (κ1) is 20.5. The molecule has 6 rings (SSSR count). The third-order valence-electron chi connectivity index (χ3n) is 5.94. The monoisotopic (exact) mass is 460 g/mol. The standard InChI is InChI=1S/C29H21N2O2P/c32-34(22-12-3-1-4-13-22,23-14-5-2-6-15-23)29-21-11-20-28(30-29)31-24-16-7-9-18-26(24)33-27-19-10-8-17-25(27)31/h1-21H. The number of fused-ring (bicyclic) bond motifs is 2. The molecule has 164 valence electrons. The van der Waals surface area contributed by atoms with Crippen molar-refractivity contribution in [3.63, 3.8) is 0 Å². The molecular formula is C29H21N2O2P. The number of anilines is 3. The van der Waals surface area contributed by atoms with Crippen LogP contribution in [0.25, 0.3) is 0 Å². The summed E-state index contributed by atoms with van der Waals surface area (Å²) >= 11 is 0. The van der Waals surface area contributed by atoms with Gasteiger partial charge in [-0.1, -0.05) is 91.0 Å². The maximum Gasteiger partial charge on any atom is 0.188 e. The molecule has 0 N–H and O–H groups in total. The molecule has 1 aromatic heterocycles. The molecule has 0 fully saturated rings. The van der Waals surface area contributed by atoms with Crippen molar-refractivity contribution in [1.29, 1.82) is 0 Å². The summed E-state index contributed by atoms with van der Waals surface area (Å²) < 4.78 is 21.0. The Morgan fingerprint density at radius 2 is 1.06 bits per heavy atom. The molecule has 4 nitrogen and oxygen atoms in total. The Morgan fingerprint density at radius 1 is 0.559 bits per heavy atom. The summed E-state index contributed by atoms with van der Waals surface area (Å²) in [5, 5.41) is 1.52. The number of benzene rings is 4. The minimum absolute atomic E-state index is 0.545. The SMILES string of the molecule is O=P(c1ccccc1)(c1ccccc1)c1cccc(N2c3ccccc3Oc3ccccc32)n1. The Hall–Kier alpha value is -4.14. The molecule has 4 aromatic carbocycles. The van der Waals surface area contributed by atoms with Crippen molar-refractivity contribution < 1.29 is 9.30 Å². The highest BCUT2D eigenvalue weighted by molar-refractivity contribution is 7.85. The Bertz CT molecular complexity index is 1430. The van der Waals surface area contributed by atoms with Crippen molar-refractivity contribution in [3.8, 4) is 11.5 Å². The summed E-state index contributed by atoms with van der Waals surface area (Å²) in [7, 11) is -3.19. The number of para-hydroxylation sites is 4. The fourth-order valence-electron chi connectivity index (χ4n) is 4.35. The molecule has 5 heteroatoms. The highest BCUT2D eigenvalue weighted by Crippen LogP contribution is 2.50. The highest BCUT2D eigenvalue weighted by Gasteiger charge is 2.33. The first-order chi connectivity index (χ1) is 16.7. The van der Waals surface area contributed by atoms with Crippen molar-refractivity contribution in [2.45, 2.75) is 0 Å². The molecule has 0 radical (unpaired) electrons. The van der Waals surface area contributed by atoms with E-state index in [-0.39, 0.29) is 0 Å². The van der Waals surface area contributed by atoms with Gasteiger partial charge in [-0.05, 0) is 36.4 Å². The van der Waals surface area contributed by atoms with Crippen LogP contribution in [0.1, 0.15) is 0 Å². The van der Waals surface area contributed by atoms with Gasteiger partial charge < -0.3 is 9.30 Å². The average molecular weight is 460 g/mol. The number of nitrogens with zero attached hydrogens (tertiary/aromatic N) is 2. The maximum atomic E-state index is 14.8. The lowest BCUT2D eigenvalue weighted by Crippen LogP contribution is -2.28. The van der Waals surface area contributed by atoms with Gasteiger partial charge in [0.25, 0.3) is 0 Å².